The van der Waals surface area contributed by atoms with Gasteiger partial charge in [-0.25, -0.2) is 9.59 Å². The molecule has 0 aromatic heterocycles. The van der Waals surface area contributed by atoms with Crippen molar-refractivity contribution >= 4 is 47.2 Å². The first kappa shape index (κ1) is 27.5. The maximum absolute atomic E-state index is 13.9. The van der Waals surface area contributed by atoms with Crippen LogP contribution in [0.15, 0.2) is 72.1 Å². The molecule has 0 radical (unpaired) electrons. The molecule has 2 aliphatic rings. The van der Waals surface area contributed by atoms with E-state index in [1.165, 1.54) is 21.6 Å². The Labute approximate surface area is 230 Å². The van der Waals surface area contributed by atoms with Crippen LogP contribution in [0.3, 0.4) is 0 Å². The Hall–Kier alpha value is -3.50. The lowest BCUT2D eigenvalue weighted by Crippen LogP contribution is -2.71. The van der Waals surface area contributed by atoms with Crippen molar-refractivity contribution in [3.8, 4) is 0 Å². The lowest BCUT2D eigenvalue weighted by Gasteiger charge is -2.50. The van der Waals surface area contributed by atoms with E-state index in [4.69, 9.17) is 16.3 Å². The number of benzene rings is 2. The van der Waals surface area contributed by atoms with Crippen molar-refractivity contribution in [2.24, 2.45) is 0 Å². The zero-order valence-electron chi connectivity index (χ0n) is 21.1. The molecule has 0 bridgehead atoms. The van der Waals surface area contributed by atoms with Gasteiger partial charge < -0.3 is 15.4 Å². The normalized spacial score (nSPS) is 18.4. The maximum Gasteiger partial charge on any atom is 0.357 e. The van der Waals surface area contributed by atoms with E-state index < -0.39 is 41.3 Å². The SMILES string of the molecule is CCCNC(=O)N(C)C1=C(C(=O)OC(c2ccccc2)c2ccccc2)N2C(=O)C(NC(=O)CCl)[C@@H]2SC1. The molecule has 0 aliphatic carbocycles. The number of nitrogens with zero attached hydrogens (tertiary/aromatic N) is 2. The Kier molecular flexibility index (Phi) is 8.96. The van der Waals surface area contributed by atoms with Crippen molar-refractivity contribution < 1.29 is 23.9 Å². The van der Waals surface area contributed by atoms with E-state index >= 15 is 0 Å². The predicted molar refractivity (Wildman–Crippen MR) is 145 cm³/mol. The highest BCUT2D eigenvalue weighted by atomic mass is 35.5. The van der Waals surface area contributed by atoms with Gasteiger partial charge in [-0.1, -0.05) is 67.6 Å². The minimum atomic E-state index is -0.825. The number of hydrogen-bond donors (Lipinski definition) is 2. The van der Waals surface area contributed by atoms with E-state index in [0.717, 1.165) is 17.5 Å². The van der Waals surface area contributed by atoms with Crippen LogP contribution in [0.4, 0.5) is 4.79 Å². The molecule has 4 amide bonds. The number of halogens is 1. The molecule has 2 aliphatic heterocycles. The van der Waals surface area contributed by atoms with Gasteiger partial charge in [-0.3, -0.25) is 19.4 Å². The maximum atomic E-state index is 13.9. The molecule has 4 rings (SSSR count). The highest BCUT2D eigenvalue weighted by Crippen LogP contribution is 2.42. The topological polar surface area (TPSA) is 108 Å². The molecule has 1 unspecified atom stereocenters. The lowest BCUT2D eigenvalue weighted by molar-refractivity contribution is -0.154. The van der Waals surface area contributed by atoms with Crippen molar-refractivity contribution in [2.45, 2.75) is 30.9 Å². The Morgan fingerprint density at radius 2 is 1.71 bits per heavy atom. The summed E-state index contributed by atoms with van der Waals surface area (Å²) in [7, 11) is 1.55. The Morgan fingerprint density at radius 1 is 1.11 bits per heavy atom. The smallest absolute Gasteiger partial charge is 0.357 e. The van der Waals surface area contributed by atoms with E-state index in [0.29, 0.717) is 12.2 Å². The van der Waals surface area contributed by atoms with Gasteiger partial charge in [0.25, 0.3) is 5.91 Å². The molecular formula is C27H29ClN4O5S. The number of carbonyl (C=O) groups is 4. The third-order valence-corrected chi connectivity index (χ3v) is 7.75. The van der Waals surface area contributed by atoms with Crippen LogP contribution in [0.5, 0.6) is 0 Å². The summed E-state index contributed by atoms with van der Waals surface area (Å²) in [5.74, 6) is -1.72. The fraction of sp³-hybridized carbons (Fsp3) is 0.333. The Balaban J connectivity index is 1.70. The molecule has 38 heavy (non-hydrogen) atoms. The van der Waals surface area contributed by atoms with Crippen molar-refractivity contribution in [2.75, 3.05) is 25.2 Å². The van der Waals surface area contributed by atoms with Gasteiger partial charge >= 0.3 is 12.0 Å². The third-order valence-electron chi connectivity index (χ3n) is 6.24. The minimum absolute atomic E-state index is 0.0128. The van der Waals surface area contributed by atoms with Crippen molar-refractivity contribution in [1.29, 1.82) is 0 Å². The molecule has 0 saturated carbocycles. The lowest BCUT2D eigenvalue weighted by atomic mass is 10.0. The largest absolute Gasteiger partial charge is 0.448 e. The van der Waals surface area contributed by atoms with E-state index in [1.807, 2.05) is 67.6 Å². The van der Waals surface area contributed by atoms with Crippen LogP contribution < -0.4 is 10.6 Å². The molecule has 200 valence electrons. The van der Waals surface area contributed by atoms with Gasteiger partial charge in [0.15, 0.2) is 11.8 Å². The highest BCUT2D eigenvalue weighted by molar-refractivity contribution is 8.00. The number of alkyl halides is 1. The number of β-lactam (4-membered cyclic amide) rings is 1. The number of ether oxygens (including phenoxy) is 1. The number of fused-ring (bicyclic) bond motifs is 1. The summed E-state index contributed by atoms with van der Waals surface area (Å²) >= 11 is 6.96. The zero-order chi connectivity index (χ0) is 27.2. The number of rotatable bonds is 9. The Bertz CT molecular complexity index is 1190. The first-order chi connectivity index (χ1) is 18.4. The van der Waals surface area contributed by atoms with E-state index in [9.17, 15) is 19.2 Å². The number of thioether (sulfide) groups is 1. The van der Waals surface area contributed by atoms with Gasteiger partial charge in [-0.05, 0) is 17.5 Å². The molecule has 2 N–H and O–H groups in total. The van der Waals surface area contributed by atoms with Crippen LogP contribution in [0.1, 0.15) is 30.6 Å². The second-order valence-electron chi connectivity index (χ2n) is 8.78. The summed E-state index contributed by atoms with van der Waals surface area (Å²) in [5.41, 5.74) is 1.85. The van der Waals surface area contributed by atoms with Crippen LogP contribution in [0, 0.1) is 0 Å². The highest BCUT2D eigenvalue weighted by Gasteiger charge is 2.55. The number of urea groups is 1. The summed E-state index contributed by atoms with van der Waals surface area (Å²) in [6.45, 7) is 2.40. The number of carbonyl (C=O) groups excluding carboxylic acids is 4. The van der Waals surface area contributed by atoms with Gasteiger partial charge in [0.1, 0.15) is 17.3 Å². The number of hydrogen-bond acceptors (Lipinski definition) is 6. The fourth-order valence-electron chi connectivity index (χ4n) is 4.28. The van der Waals surface area contributed by atoms with E-state index in [2.05, 4.69) is 10.6 Å². The molecule has 1 fully saturated rings. The number of esters is 1. The van der Waals surface area contributed by atoms with Crippen LogP contribution in [0.25, 0.3) is 0 Å². The summed E-state index contributed by atoms with van der Waals surface area (Å²) in [4.78, 5) is 54.4. The number of amides is 4. The van der Waals surface area contributed by atoms with E-state index in [1.54, 1.807) is 7.05 Å². The third kappa shape index (κ3) is 5.66. The molecule has 2 aromatic rings. The second kappa shape index (κ2) is 12.4. The van der Waals surface area contributed by atoms with Gasteiger partial charge in [0.2, 0.25) is 5.91 Å². The second-order valence-corrected chi connectivity index (χ2v) is 10.2. The molecule has 9 nitrogen and oxygen atoms in total. The molecule has 2 atom stereocenters. The van der Waals surface area contributed by atoms with Gasteiger partial charge in [-0.2, -0.15) is 0 Å². The first-order valence-electron chi connectivity index (χ1n) is 12.2. The van der Waals surface area contributed by atoms with Crippen LogP contribution in [0.2, 0.25) is 0 Å². The van der Waals surface area contributed by atoms with Crippen molar-refractivity contribution in [3.05, 3.63) is 83.2 Å². The zero-order valence-corrected chi connectivity index (χ0v) is 22.6. The fourth-order valence-corrected chi connectivity index (χ4v) is 5.75. The van der Waals surface area contributed by atoms with Crippen LogP contribution >= 0.6 is 23.4 Å². The van der Waals surface area contributed by atoms with Crippen molar-refractivity contribution in [1.82, 2.24) is 20.4 Å². The average molecular weight is 557 g/mol. The van der Waals surface area contributed by atoms with Gasteiger partial charge in [0, 0.05) is 19.3 Å². The summed E-state index contributed by atoms with van der Waals surface area (Å²) in [6.07, 6.45) is 0.00116. The van der Waals surface area contributed by atoms with Crippen LogP contribution in [-0.4, -0.2) is 70.3 Å². The van der Waals surface area contributed by atoms with Crippen molar-refractivity contribution in [3.63, 3.8) is 0 Å². The molecule has 1 saturated heterocycles. The summed E-state index contributed by atoms with van der Waals surface area (Å²) in [6, 6.07) is 17.4. The quantitative estimate of drug-likeness (QED) is 0.279. The predicted octanol–water partition coefficient (Wildman–Crippen LogP) is 3.22. The van der Waals surface area contributed by atoms with E-state index in [-0.39, 0.29) is 17.3 Å². The molecule has 0 spiro atoms. The summed E-state index contributed by atoms with van der Waals surface area (Å²) < 4.78 is 6.08. The number of nitrogens with one attached hydrogen (secondary N) is 2. The minimum Gasteiger partial charge on any atom is -0.448 e. The standard InChI is InChI=1S/C27H29ClN4O5S/c1-3-14-29-27(36)31(2)19-16-38-25-21(30-20(33)15-28)24(34)32(25)22(19)26(35)37-23(17-10-6-4-7-11-17)18-12-8-5-9-13-18/h4-13,21,23,25H,3,14-16H2,1-2H3,(H,29,36)(H,30,33)/t21?,25-/m0/s1. The molecular weight excluding hydrogens is 528 g/mol. The summed E-state index contributed by atoms with van der Waals surface area (Å²) in [5, 5.41) is 4.88. The van der Waals surface area contributed by atoms with Crippen LogP contribution in [-0.2, 0) is 19.1 Å². The van der Waals surface area contributed by atoms with Gasteiger partial charge in [0.05, 0.1) is 5.70 Å². The Morgan fingerprint density at radius 3 is 2.26 bits per heavy atom. The molecule has 11 heteroatoms. The molecule has 2 heterocycles. The first-order valence-corrected chi connectivity index (χ1v) is 13.8. The monoisotopic (exact) mass is 556 g/mol. The molecule has 2 aromatic carbocycles. The van der Waals surface area contributed by atoms with Gasteiger partial charge in [-0.15, -0.1) is 23.4 Å². The average Bonchev–Trinajstić information content (AvgIpc) is 2.96.